The second-order valence-electron chi connectivity index (χ2n) is 5.65. The van der Waals surface area contributed by atoms with E-state index in [4.69, 9.17) is 10.6 Å². The Balaban J connectivity index is 1.90. The molecule has 1 saturated heterocycles. The minimum absolute atomic E-state index is 0.337. The number of ether oxygens (including phenoxy) is 1. The van der Waals surface area contributed by atoms with E-state index in [9.17, 15) is 0 Å². The van der Waals surface area contributed by atoms with Gasteiger partial charge in [-0.2, -0.15) is 0 Å². The molecule has 0 spiro atoms. The average molecular weight is 262 g/mol. The lowest BCUT2D eigenvalue weighted by atomic mass is 9.94. The molecule has 0 radical (unpaired) electrons. The van der Waals surface area contributed by atoms with Crippen molar-refractivity contribution in [2.24, 2.45) is 5.84 Å². The lowest BCUT2D eigenvalue weighted by Gasteiger charge is -2.20. The highest BCUT2D eigenvalue weighted by Gasteiger charge is 2.18. The van der Waals surface area contributed by atoms with Gasteiger partial charge < -0.3 is 4.74 Å². The summed E-state index contributed by atoms with van der Waals surface area (Å²) in [5.41, 5.74) is 7.12. The van der Waals surface area contributed by atoms with E-state index in [1.54, 1.807) is 0 Å². The summed E-state index contributed by atoms with van der Waals surface area (Å²) in [6.07, 6.45) is 6.06. The van der Waals surface area contributed by atoms with E-state index >= 15 is 0 Å². The Labute approximate surface area is 116 Å². The van der Waals surface area contributed by atoms with Crippen LogP contribution in [0.25, 0.3) is 0 Å². The molecule has 106 valence electrons. The summed E-state index contributed by atoms with van der Waals surface area (Å²) >= 11 is 0. The summed E-state index contributed by atoms with van der Waals surface area (Å²) in [7, 11) is 0. The Morgan fingerprint density at radius 3 is 2.68 bits per heavy atom. The average Bonchev–Trinajstić information content (AvgIpc) is 2.91. The lowest BCUT2D eigenvalue weighted by molar-refractivity contribution is 0.0996. The van der Waals surface area contributed by atoms with E-state index in [1.165, 1.54) is 29.5 Å². The zero-order valence-corrected chi connectivity index (χ0v) is 12.1. The Morgan fingerprint density at radius 1 is 1.37 bits per heavy atom. The van der Waals surface area contributed by atoms with Gasteiger partial charge in [0.1, 0.15) is 0 Å². The van der Waals surface area contributed by atoms with Gasteiger partial charge in [0.05, 0.1) is 6.10 Å². The van der Waals surface area contributed by atoms with Crippen LogP contribution in [0, 0.1) is 13.8 Å². The van der Waals surface area contributed by atoms with Gasteiger partial charge in [0.15, 0.2) is 0 Å². The molecular weight excluding hydrogens is 236 g/mol. The first kappa shape index (κ1) is 14.5. The topological polar surface area (TPSA) is 47.3 Å². The quantitative estimate of drug-likeness (QED) is 0.612. The second kappa shape index (κ2) is 7.04. The molecule has 1 aliphatic rings. The first-order valence-corrected chi connectivity index (χ1v) is 7.33. The maximum atomic E-state index is 5.71. The summed E-state index contributed by atoms with van der Waals surface area (Å²) in [4.78, 5) is 0. The van der Waals surface area contributed by atoms with Crippen molar-refractivity contribution in [3.05, 3.63) is 34.9 Å². The van der Waals surface area contributed by atoms with Gasteiger partial charge in [-0.25, -0.2) is 0 Å². The van der Waals surface area contributed by atoms with E-state index in [2.05, 4.69) is 37.5 Å². The molecule has 0 amide bonds. The van der Waals surface area contributed by atoms with Gasteiger partial charge in [-0.3, -0.25) is 11.3 Å². The van der Waals surface area contributed by atoms with Crippen LogP contribution in [0.1, 0.15) is 42.4 Å². The molecule has 1 heterocycles. The van der Waals surface area contributed by atoms with Gasteiger partial charge in [0, 0.05) is 12.6 Å². The van der Waals surface area contributed by atoms with Gasteiger partial charge in [0.2, 0.25) is 0 Å². The summed E-state index contributed by atoms with van der Waals surface area (Å²) in [6.45, 7) is 5.29. The van der Waals surface area contributed by atoms with Crippen molar-refractivity contribution < 1.29 is 4.74 Å². The molecule has 19 heavy (non-hydrogen) atoms. The van der Waals surface area contributed by atoms with E-state index in [0.717, 1.165) is 25.9 Å². The van der Waals surface area contributed by atoms with Crippen LogP contribution in [0.4, 0.5) is 0 Å². The highest BCUT2D eigenvalue weighted by Crippen LogP contribution is 2.20. The Morgan fingerprint density at radius 2 is 2.11 bits per heavy atom. The third-order valence-corrected chi connectivity index (χ3v) is 4.19. The molecule has 1 aromatic rings. The SMILES string of the molecule is Cc1cccc(C)c1CC(CCC1CCCO1)NN. The predicted molar refractivity (Wildman–Crippen MR) is 78.9 cm³/mol. The smallest absolute Gasteiger partial charge is 0.0576 e. The fourth-order valence-corrected chi connectivity index (χ4v) is 2.92. The van der Waals surface area contributed by atoms with E-state index < -0.39 is 0 Å². The third-order valence-electron chi connectivity index (χ3n) is 4.19. The van der Waals surface area contributed by atoms with Crippen molar-refractivity contribution in [3.63, 3.8) is 0 Å². The van der Waals surface area contributed by atoms with Crippen LogP contribution < -0.4 is 11.3 Å². The van der Waals surface area contributed by atoms with E-state index in [1.807, 2.05) is 0 Å². The number of nitrogens with two attached hydrogens (primary N) is 1. The van der Waals surface area contributed by atoms with Crippen LogP contribution in [0.2, 0.25) is 0 Å². The van der Waals surface area contributed by atoms with Crippen molar-refractivity contribution in [1.29, 1.82) is 0 Å². The second-order valence-corrected chi connectivity index (χ2v) is 5.65. The van der Waals surface area contributed by atoms with Gasteiger partial charge in [0.25, 0.3) is 0 Å². The fourth-order valence-electron chi connectivity index (χ4n) is 2.92. The third kappa shape index (κ3) is 4.03. The number of hydrogen-bond acceptors (Lipinski definition) is 3. The molecule has 3 nitrogen and oxygen atoms in total. The van der Waals surface area contributed by atoms with E-state index in [-0.39, 0.29) is 0 Å². The first-order chi connectivity index (χ1) is 9.20. The van der Waals surface area contributed by atoms with Crippen molar-refractivity contribution >= 4 is 0 Å². The molecular formula is C16H26N2O. The molecule has 3 N–H and O–H groups in total. The number of hydrogen-bond donors (Lipinski definition) is 2. The lowest BCUT2D eigenvalue weighted by Crippen LogP contribution is -2.37. The number of nitrogens with one attached hydrogen (secondary N) is 1. The largest absolute Gasteiger partial charge is 0.378 e. The van der Waals surface area contributed by atoms with Crippen LogP contribution >= 0.6 is 0 Å². The van der Waals surface area contributed by atoms with Crippen LogP contribution in [0.15, 0.2) is 18.2 Å². The molecule has 0 aliphatic carbocycles. The molecule has 2 unspecified atom stereocenters. The summed E-state index contributed by atoms with van der Waals surface area (Å²) < 4.78 is 5.68. The Kier molecular flexibility index (Phi) is 5.37. The minimum Gasteiger partial charge on any atom is -0.378 e. The highest BCUT2D eigenvalue weighted by molar-refractivity contribution is 5.34. The van der Waals surface area contributed by atoms with Crippen LogP contribution in [0.5, 0.6) is 0 Å². The monoisotopic (exact) mass is 262 g/mol. The zero-order chi connectivity index (χ0) is 13.7. The summed E-state index contributed by atoms with van der Waals surface area (Å²) in [5.74, 6) is 5.71. The molecule has 1 fully saturated rings. The number of aryl methyl sites for hydroxylation is 2. The fraction of sp³-hybridized carbons (Fsp3) is 0.625. The minimum atomic E-state index is 0.337. The van der Waals surface area contributed by atoms with Crippen molar-refractivity contribution in [1.82, 2.24) is 5.43 Å². The Hall–Kier alpha value is -0.900. The van der Waals surface area contributed by atoms with Crippen molar-refractivity contribution in [3.8, 4) is 0 Å². The van der Waals surface area contributed by atoms with Crippen molar-refractivity contribution in [2.75, 3.05) is 6.61 Å². The molecule has 0 saturated carbocycles. The summed E-state index contributed by atoms with van der Waals surface area (Å²) in [6, 6.07) is 6.81. The number of benzene rings is 1. The molecule has 2 rings (SSSR count). The number of rotatable bonds is 6. The van der Waals surface area contributed by atoms with Gasteiger partial charge in [-0.1, -0.05) is 18.2 Å². The van der Waals surface area contributed by atoms with Gasteiger partial charge in [-0.05, 0) is 62.6 Å². The number of hydrazine groups is 1. The molecule has 3 heteroatoms. The van der Waals surface area contributed by atoms with Crippen LogP contribution in [-0.4, -0.2) is 18.8 Å². The molecule has 1 aliphatic heterocycles. The first-order valence-electron chi connectivity index (χ1n) is 7.33. The van der Waals surface area contributed by atoms with Crippen LogP contribution in [-0.2, 0) is 11.2 Å². The normalized spacial score (nSPS) is 20.7. The van der Waals surface area contributed by atoms with Crippen molar-refractivity contribution in [2.45, 2.75) is 58.1 Å². The zero-order valence-electron chi connectivity index (χ0n) is 12.1. The molecule has 0 aromatic heterocycles. The molecule has 0 bridgehead atoms. The van der Waals surface area contributed by atoms with Crippen LogP contribution in [0.3, 0.4) is 0 Å². The van der Waals surface area contributed by atoms with Gasteiger partial charge in [-0.15, -0.1) is 0 Å². The Bertz CT molecular complexity index is 379. The summed E-state index contributed by atoms with van der Waals surface area (Å²) in [5, 5.41) is 0. The maximum Gasteiger partial charge on any atom is 0.0576 e. The maximum absolute atomic E-state index is 5.71. The molecule has 1 aromatic carbocycles. The highest BCUT2D eigenvalue weighted by atomic mass is 16.5. The van der Waals surface area contributed by atoms with E-state index in [0.29, 0.717) is 12.1 Å². The standard InChI is InChI=1S/C16H26N2O/c1-12-5-3-6-13(2)16(12)11-14(18-17)8-9-15-7-4-10-19-15/h3,5-6,14-15,18H,4,7-11,17H2,1-2H3. The molecule has 2 atom stereocenters. The predicted octanol–water partition coefficient (Wildman–Crippen LogP) is 2.64. The van der Waals surface area contributed by atoms with Gasteiger partial charge >= 0.3 is 0 Å².